The summed E-state index contributed by atoms with van der Waals surface area (Å²) in [6.45, 7) is 6.00. The molecule has 0 saturated heterocycles. The molecule has 3 heteroatoms. The predicted molar refractivity (Wildman–Crippen MR) is 73.5 cm³/mol. The van der Waals surface area contributed by atoms with E-state index < -0.39 is 5.97 Å². The second-order valence-corrected chi connectivity index (χ2v) is 3.29. The highest BCUT2D eigenvalue weighted by Crippen LogP contribution is 2.15. The van der Waals surface area contributed by atoms with Gasteiger partial charge in [-0.3, -0.25) is 0 Å². The third-order valence-corrected chi connectivity index (χ3v) is 2.13. The number of carbonyl (C=O) groups excluding carboxylic acids is 1. The summed E-state index contributed by atoms with van der Waals surface area (Å²) in [7, 11) is 0. The number of anilines is 1. The Hall–Kier alpha value is -2.55. The van der Waals surface area contributed by atoms with Crippen molar-refractivity contribution in [2.75, 3.05) is 5.73 Å². The van der Waals surface area contributed by atoms with Gasteiger partial charge >= 0.3 is 5.97 Å². The van der Waals surface area contributed by atoms with E-state index in [1.165, 1.54) is 0 Å². The molecule has 0 aliphatic rings. The molecular formula is C15H15NO2. The standard InChI is InChI=1S/C13H11NO2.C2H4/c14-12-9-5-4-8-11(12)13(15)16-10-6-2-1-3-7-10;1-2/h1-9H,14H2;1-2H2. The van der Waals surface area contributed by atoms with Gasteiger partial charge in [0.05, 0.1) is 5.56 Å². The number of esters is 1. The number of para-hydroxylation sites is 2. The van der Waals surface area contributed by atoms with E-state index in [2.05, 4.69) is 13.2 Å². The largest absolute Gasteiger partial charge is 0.423 e. The lowest BCUT2D eigenvalue weighted by Gasteiger charge is -2.05. The average Bonchev–Trinajstić information content (AvgIpc) is 2.42. The molecule has 0 fully saturated rings. The number of ether oxygens (including phenoxy) is 1. The highest BCUT2D eigenvalue weighted by Gasteiger charge is 2.10. The highest BCUT2D eigenvalue weighted by atomic mass is 16.5. The molecule has 2 aromatic rings. The molecule has 0 aliphatic carbocycles. The Labute approximate surface area is 107 Å². The Kier molecular flexibility index (Phi) is 5.19. The van der Waals surface area contributed by atoms with Gasteiger partial charge in [-0.05, 0) is 24.3 Å². The van der Waals surface area contributed by atoms with Crippen LogP contribution in [0.5, 0.6) is 5.75 Å². The van der Waals surface area contributed by atoms with E-state index in [9.17, 15) is 4.79 Å². The summed E-state index contributed by atoms with van der Waals surface area (Å²) in [6.07, 6.45) is 0. The van der Waals surface area contributed by atoms with E-state index in [1.54, 1.807) is 48.5 Å². The first-order valence-corrected chi connectivity index (χ1v) is 5.39. The van der Waals surface area contributed by atoms with Crippen LogP contribution in [-0.2, 0) is 0 Å². The van der Waals surface area contributed by atoms with Gasteiger partial charge in [0.25, 0.3) is 0 Å². The topological polar surface area (TPSA) is 52.3 Å². The SMILES string of the molecule is C=C.Nc1ccccc1C(=O)Oc1ccccc1. The summed E-state index contributed by atoms with van der Waals surface area (Å²) in [6, 6.07) is 15.7. The molecule has 0 heterocycles. The van der Waals surface area contributed by atoms with E-state index in [1.807, 2.05) is 6.07 Å². The molecule has 2 rings (SSSR count). The maximum atomic E-state index is 11.7. The van der Waals surface area contributed by atoms with Gasteiger partial charge in [-0.2, -0.15) is 0 Å². The molecule has 0 bridgehead atoms. The van der Waals surface area contributed by atoms with Crippen LogP contribution in [0.1, 0.15) is 10.4 Å². The molecule has 0 spiro atoms. The third-order valence-electron chi connectivity index (χ3n) is 2.13. The number of hydrogen-bond acceptors (Lipinski definition) is 3. The summed E-state index contributed by atoms with van der Waals surface area (Å²) in [4.78, 5) is 11.7. The minimum atomic E-state index is -0.440. The van der Waals surface area contributed by atoms with Crippen LogP contribution in [-0.4, -0.2) is 5.97 Å². The zero-order valence-electron chi connectivity index (χ0n) is 10.0. The van der Waals surface area contributed by atoms with Gasteiger partial charge in [0.15, 0.2) is 0 Å². The van der Waals surface area contributed by atoms with Gasteiger partial charge in [0.1, 0.15) is 5.75 Å². The van der Waals surface area contributed by atoms with Crippen molar-refractivity contribution < 1.29 is 9.53 Å². The molecule has 2 aromatic carbocycles. The van der Waals surface area contributed by atoms with E-state index in [4.69, 9.17) is 10.5 Å². The summed E-state index contributed by atoms with van der Waals surface area (Å²) < 4.78 is 5.16. The second kappa shape index (κ2) is 6.91. The summed E-state index contributed by atoms with van der Waals surface area (Å²) in [5.41, 5.74) is 6.48. The number of benzene rings is 2. The van der Waals surface area contributed by atoms with Crippen molar-refractivity contribution >= 4 is 11.7 Å². The molecule has 0 atom stereocenters. The van der Waals surface area contributed by atoms with Crippen LogP contribution in [0.4, 0.5) is 5.69 Å². The van der Waals surface area contributed by atoms with Crippen molar-refractivity contribution in [2.45, 2.75) is 0 Å². The average molecular weight is 241 g/mol. The predicted octanol–water partition coefficient (Wildman–Crippen LogP) is 3.29. The summed E-state index contributed by atoms with van der Waals surface area (Å²) >= 11 is 0. The number of nitrogen functional groups attached to an aromatic ring is 1. The number of rotatable bonds is 2. The third kappa shape index (κ3) is 3.49. The summed E-state index contributed by atoms with van der Waals surface area (Å²) in [5, 5.41) is 0. The van der Waals surface area contributed by atoms with Crippen molar-refractivity contribution in [1.82, 2.24) is 0 Å². The number of nitrogens with two attached hydrogens (primary N) is 1. The highest BCUT2D eigenvalue weighted by molar-refractivity contribution is 5.96. The fourth-order valence-corrected chi connectivity index (χ4v) is 1.33. The Bertz CT molecular complexity index is 509. The Balaban J connectivity index is 0.000000771. The van der Waals surface area contributed by atoms with Crippen molar-refractivity contribution in [3.8, 4) is 5.75 Å². The normalized spacial score (nSPS) is 8.89. The molecule has 3 nitrogen and oxygen atoms in total. The smallest absolute Gasteiger partial charge is 0.345 e. The van der Waals surface area contributed by atoms with E-state index in [0.29, 0.717) is 17.0 Å². The van der Waals surface area contributed by atoms with Crippen LogP contribution >= 0.6 is 0 Å². The first-order chi connectivity index (χ1) is 8.77. The monoisotopic (exact) mass is 241 g/mol. The molecule has 0 aliphatic heterocycles. The lowest BCUT2D eigenvalue weighted by molar-refractivity contribution is 0.0736. The first-order valence-electron chi connectivity index (χ1n) is 5.39. The Morgan fingerprint density at radius 2 is 1.50 bits per heavy atom. The molecule has 0 amide bonds. The lowest BCUT2D eigenvalue weighted by Crippen LogP contribution is -2.10. The van der Waals surface area contributed by atoms with Gasteiger partial charge in [-0.25, -0.2) is 4.79 Å². The second-order valence-electron chi connectivity index (χ2n) is 3.29. The van der Waals surface area contributed by atoms with Crippen LogP contribution in [0, 0.1) is 0 Å². The minimum Gasteiger partial charge on any atom is -0.423 e. The zero-order chi connectivity index (χ0) is 13.4. The van der Waals surface area contributed by atoms with Crippen LogP contribution < -0.4 is 10.5 Å². The van der Waals surface area contributed by atoms with Gasteiger partial charge in [0.2, 0.25) is 0 Å². The molecule has 2 N–H and O–H groups in total. The Morgan fingerprint density at radius 3 is 2.11 bits per heavy atom. The van der Waals surface area contributed by atoms with Crippen LogP contribution in [0.3, 0.4) is 0 Å². The molecule has 0 aromatic heterocycles. The molecule has 0 saturated carbocycles. The maximum absolute atomic E-state index is 11.7. The van der Waals surface area contributed by atoms with Crippen LogP contribution in [0.25, 0.3) is 0 Å². The van der Waals surface area contributed by atoms with Crippen molar-refractivity contribution in [3.63, 3.8) is 0 Å². The van der Waals surface area contributed by atoms with E-state index >= 15 is 0 Å². The van der Waals surface area contributed by atoms with E-state index in [-0.39, 0.29) is 0 Å². The molecule has 0 unspecified atom stereocenters. The van der Waals surface area contributed by atoms with Crippen LogP contribution in [0.2, 0.25) is 0 Å². The fraction of sp³-hybridized carbons (Fsp3) is 0. The van der Waals surface area contributed by atoms with Gasteiger partial charge in [0, 0.05) is 5.69 Å². The number of carbonyl (C=O) groups is 1. The fourth-order valence-electron chi connectivity index (χ4n) is 1.33. The molecule has 18 heavy (non-hydrogen) atoms. The lowest BCUT2D eigenvalue weighted by atomic mass is 10.2. The van der Waals surface area contributed by atoms with Gasteiger partial charge in [-0.15, -0.1) is 13.2 Å². The molecular weight excluding hydrogens is 226 g/mol. The van der Waals surface area contributed by atoms with Crippen molar-refractivity contribution in [3.05, 3.63) is 73.3 Å². The minimum absolute atomic E-state index is 0.381. The zero-order valence-corrected chi connectivity index (χ0v) is 10.0. The van der Waals surface area contributed by atoms with Gasteiger partial charge in [-0.1, -0.05) is 30.3 Å². The van der Waals surface area contributed by atoms with Gasteiger partial charge < -0.3 is 10.5 Å². The molecule has 0 radical (unpaired) electrons. The number of hydrogen-bond donors (Lipinski definition) is 1. The van der Waals surface area contributed by atoms with Crippen molar-refractivity contribution in [2.24, 2.45) is 0 Å². The Morgan fingerprint density at radius 1 is 0.944 bits per heavy atom. The quantitative estimate of drug-likeness (QED) is 0.380. The van der Waals surface area contributed by atoms with Crippen LogP contribution in [0.15, 0.2) is 67.8 Å². The molecule has 92 valence electrons. The first kappa shape index (κ1) is 13.5. The maximum Gasteiger partial charge on any atom is 0.345 e. The summed E-state index contributed by atoms with van der Waals surface area (Å²) in [5.74, 6) is 0.0695. The van der Waals surface area contributed by atoms with E-state index in [0.717, 1.165) is 0 Å². The van der Waals surface area contributed by atoms with Crippen molar-refractivity contribution in [1.29, 1.82) is 0 Å².